The molecule has 0 N–H and O–H groups in total. The van der Waals surface area contributed by atoms with Crippen LogP contribution >= 0.6 is 15.9 Å². The Morgan fingerprint density at radius 3 is 2.56 bits per heavy atom. The molecule has 0 aliphatic rings. The van der Waals surface area contributed by atoms with Crippen LogP contribution in [0.5, 0.6) is 17.2 Å². The quantitative estimate of drug-likeness (QED) is 0.323. The van der Waals surface area contributed by atoms with Gasteiger partial charge in [0, 0.05) is 16.5 Å². The number of terminal acetylenes is 1. The first-order chi connectivity index (χ1) is 15.5. The Labute approximate surface area is 195 Å². The molecule has 0 fully saturated rings. The second-order valence-electron chi connectivity index (χ2n) is 6.90. The third-order valence-electron chi connectivity index (χ3n) is 4.73. The fourth-order valence-corrected chi connectivity index (χ4v) is 3.53. The summed E-state index contributed by atoms with van der Waals surface area (Å²) in [6.45, 7) is 2.17. The van der Waals surface area contributed by atoms with E-state index in [4.69, 9.17) is 20.6 Å². The van der Waals surface area contributed by atoms with Crippen molar-refractivity contribution in [3.05, 3.63) is 56.5 Å². The lowest BCUT2D eigenvalue weighted by molar-refractivity contribution is 0.304. The normalized spacial score (nSPS) is 11.0. The lowest BCUT2D eigenvalue weighted by Crippen LogP contribution is -2.22. The van der Waals surface area contributed by atoms with Crippen molar-refractivity contribution in [1.29, 1.82) is 0 Å². The zero-order valence-corrected chi connectivity index (χ0v) is 19.8. The van der Waals surface area contributed by atoms with E-state index >= 15 is 0 Å². The van der Waals surface area contributed by atoms with Crippen LogP contribution in [0.15, 0.2) is 44.7 Å². The molecule has 0 bridgehead atoms. The molecule has 0 spiro atoms. The lowest BCUT2D eigenvalue weighted by atomic mass is 10.2. The summed E-state index contributed by atoms with van der Waals surface area (Å²) in [6, 6.07) is 8.92. The summed E-state index contributed by atoms with van der Waals surface area (Å²) >= 11 is 3.42. The molecule has 1 aromatic heterocycles. The maximum absolute atomic E-state index is 13.2. The summed E-state index contributed by atoms with van der Waals surface area (Å²) in [7, 11) is 3.05. The fourth-order valence-electron chi connectivity index (χ4n) is 3.17. The van der Waals surface area contributed by atoms with E-state index < -0.39 is 0 Å². The van der Waals surface area contributed by atoms with Gasteiger partial charge >= 0.3 is 0 Å². The molecule has 0 atom stereocenters. The van der Waals surface area contributed by atoms with E-state index in [1.54, 1.807) is 24.4 Å². The first kappa shape index (κ1) is 23.4. The molecule has 7 nitrogen and oxygen atoms in total. The number of aromatic nitrogens is 2. The van der Waals surface area contributed by atoms with Crippen LogP contribution < -0.4 is 19.8 Å². The van der Waals surface area contributed by atoms with Gasteiger partial charge in [0.1, 0.15) is 12.4 Å². The average molecular weight is 498 g/mol. The summed E-state index contributed by atoms with van der Waals surface area (Å²) in [4.78, 5) is 17.9. The minimum Gasteiger partial charge on any atom is -0.493 e. The highest BCUT2D eigenvalue weighted by Crippen LogP contribution is 2.38. The Morgan fingerprint density at radius 2 is 1.94 bits per heavy atom. The van der Waals surface area contributed by atoms with Crippen LogP contribution in [0.25, 0.3) is 10.9 Å². The van der Waals surface area contributed by atoms with E-state index in [2.05, 4.69) is 38.9 Å². The molecule has 0 unspecified atom stereocenters. The predicted octanol–water partition coefficient (Wildman–Crippen LogP) is 4.41. The first-order valence-corrected chi connectivity index (χ1v) is 10.9. The van der Waals surface area contributed by atoms with Gasteiger partial charge in [-0.1, -0.05) is 35.2 Å². The van der Waals surface area contributed by atoms with Crippen molar-refractivity contribution in [1.82, 2.24) is 9.66 Å². The molecule has 3 aromatic rings. The number of aryl methyl sites for hydroxylation is 1. The monoisotopic (exact) mass is 497 g/mol. The Kier molecular flexibility index (Phi) is 7.90. The van der Waals surface area contributed by atoms with Gasteiger partial charge in [0.05, 0.1) is 31.3 Å². The molecule has 0 amide bonds. The van der Waals surface area contributed by atoms with Crippen LogP contribution in [0.2, 0.25) is 0 Å². The van der Waals surface area contributed by atoms with Crippen molar-refractivity contribution in [2.75, 3.05) is 20.8 Å². The van der Waals surface area contributed by atoms with Gasteiger partial charge in [0.25, 0.3) is 5.56 Å². The smallest absolute Gasteiger partial charge is 0.282 e. The van der Waals surface area contributed by atoms with Gasteiger partial charge in [-0.15, -0.1) is 6.42 Å². The van der Waals surface area contributed by atoms with Crippen molar-refractivity contribution < 1.29 is 14.2 Å². The SMILES string of the molecule is C#CCOc1c(OC)cc(C=Nn2c(CCCC)nc3ccc(Br)cc3c2=O)cc1OC. The number of halogens is 1. The number of benzene rings is 2. The highest BCUT2D eigenvalue weighted by Gasteiger charge is 2.14. The van der Waals surface area contributed by atoms with Crippen molar-refractivity contribution in [2.24, 2.45) is 5.10 Å². The maximum Gasteiger partial charge on any atom is 0.282 e. The number of methoxy groups -OCH3 is 2. The number of ether oxygens (including phenoxy) is 3. The van der Waals surface area contributed by atoms with Crippen LogP contribution in [-0.4, -0.2) is 36.7 Å². The van der Waals surface area contributed by atoms with Crippen LogP contribution in [0, 0.1) is 12.3 Å². The maximum atomic E-state index is 13.2. The van der Waals surface area contributed by atoms with Crippen molar-refractivity contribution in [3.8, 4) is 29.6 Å². The highest BCUT2D eigenvalue weighted by molar-refractivity contribution is 9.10. The largest absolute Gasteiger partial charge is 0.493 e. The zero-order valence-electron chi connectivity index (χ0n) is 18.2. The molecule has 2 aromatic carbocycles. The van der Waals surface area contributed by atoms with Crippen molar-refractivity contribution in [3.63, 3.8) is 0 Å². The van der Waals surface area contributed by atoms with E-state index in [0.717, 1.165) is 17.3 Å². The topological polar surface area (TPSA) is 74.9 Å². The summed E-state index contributed by atoms with van der Waals surface area (Å²) < 4.78 is 18.6. The van der Waals surface area contributed by atoms with E-state index in [9.17, 15) is 4.79 Å². The van der Waals surface area contributed by atoms with Gasteiger partial charge in [0.2, 0.25) is 5.75 Å². The second-order valence-corrected chi connectivity index (χ2v) is 7.82. The molecular formula is C24H24BrN3O4. The number of nitrogens with zero attached hydrogens (tertiary/aromatic N) is 3. The molecule has 32 heavy (non-hydrogen) atoms. The lowest BCUT2D eigenvalue weighted by Gasteiger charge is -2.14. The van der Waals surface area contributed by atoms with Crippen LogP contribution in [0.1, 0.15) is 31.2 Å². The molecule has 0 aliphatic carbocycles. The second kappa shape index (κ2) is 10.8. The van der Waals surface area contributed by atoms with E-state index in [1.807, 2.05) is 12.1 Å². The molecule has 8 heteroatoms. The van der Waals surface area contributed by atoms with Gasteiger partial charge in [-0.3, -0.25) is 4.79 Å². The molecule has 0 saturated carbocycles. The van der Waals surface area contributed by atoms with Crippen LogP contribution in [-0.2, 0) is 6.42 Å². The Bertz CT molecular complexity index is 1220. The first-order valence-electron chi connectivity index (χ1n) is 10.1. The molecule has 1 heterocycles. The highest BCUT2D eigenvalue weighted by atomic mass is 79.9. The molecule has 166 valence electrons. The number of rotatable bonds is 9. The van der Waals surface area contributed by atoms with E-state index in [-0.39, 0.29) is 12.2 Å². The third-order valence-corrected chi connectivity index (χ3v) is 5.23. The van der Waals surface area contributed by atoms with Gasteiger partial charge < -0.3 is 14.2 Å². The molecular weight excluding hydrogens is 474 g/mol. The summed E-state index contributed by atoms with van der Waals surface area (Å²) in [5, 5.41) is 4.96. The number of hydrogen-bond acceptors (Lipinski definition) is 6. The summed E-state index contributed by atoms with van der Waals surface area (Å²) in [6.07, 6.45) is 9.37. The summed E-state index contributed by atoms with van der Waals surface area (Å²) in [5.74, 6) is 4.32. The number of unbranched alkanes of at least 4 members (excludes halogenated alkanes) is 1. The van der Waals surface area contributed by atoms with Crippen LogP contribution in [0.4, 0.5) is 0 Å². The zero-order chi connectivity index (χ0) is 23.1. The average Bonchev–Trinajstić information content (AvgIpc) is 2.81. The standard InChI is InChI=1S/C24H24BrN3O4/c1-5-7-8-22-27-19-10-9-17(25)14-18(19)24(29)28(22)26-15-16-12-20(30-3)23(32-11-6-2)21(13-16)31-4/h2,9-10,12-15H,5,7-8,11H2,1,3-4H3. The Balaban J connectivity index is 2.10. The number of fused-ring (bicyclic) bond motifs is 1. The van der Waals surface area contributed by atoms with E-state index in [0.29, 0.717) is 46.0 Å². The van der Waals surface area contributed by atoms with Crippen molar-refractivity contribution in [2.45, 2.75) is 26.2 Å². The molecule has 0 aliphatic heterocycles. The number of hydrogen-bond donors (Lipinski definition) is 0. The predicted molar refractivity (Wildman–Crippen MR) is 129 cm³/mol. The van der Waals surface area contributed by atoms with Gasteiger partial charge in [-0.25, -0.2) is 4.98 Å². The van der Waals surface area contributed by atoms with Crippen molar-refractivity contribution >= 4 is 33.0 Å². The minimum absolute atomic E-state index is 0.0780. The van der Waals surface area contributed by atoms with E-state index in [1.165, 1.54) is 18.9 Å². The van der Waals surface area contributed by atoms with Gasteiger partial charge in [0.15, 0.2) is 11.5 Å². The summed E-state index contributed by atoms with van der Waals surface area (Å²) in [5.41, 5.74) is 1.08. The Hall–Kier alpha value is -3.31. The third kappa shape index (κ3) is 5.11. The van der Waals surface area contributed by atoms with Gasteiger partial charge in [-0.05, 0) is 36.8 Å². The Morgan fingerprint density at radius 1 is 1.22 bits per heavy atom. The molecule has 3 rings (SSSR count). The molecule has 0 saturated heterocycles. The van der Waals surface area contributed by atoms with Gasteiger partial charge in [-0.2, -0.15) is 9.78 Å². The minimum atomic E-state index is -0.230. The fraction of sp³-hybridized carbons (Fsp3) is 0.292. The van der Waals surface area contributed by atoms with Crippen LogP contribution in [0.3, 0.4) is 0 Å². The molecule has 0 radical (unpaired) electrons.